The van der Waals surface area contributed by atoms with E-state index in [4.69, 9.17) is 0 Å². The third-order valence-corrected chi connectivity index (χ3v) is 3.90. The van der Waals surface area contributed by atoms with Crippen molar-refractivity contribution in [2.45, 2.75) is 46.6 Å². The fourth-order valence-corrected chi connectivity index (χ4v) is 2.64. The lowest BCUT2D eigenvalue weighted by molar-refractivity contribution is 0.593. The van der Waals surface area contributed by atoms with Crippen molar-refractivity contribution in [3.8, 4) is 0 Å². The maximum Gasteiger partial charge on any atom is 0.0594 e. The average Bonchev–Trinajstić information content (AvgIpc) is 2.50. The van der Waals surface area contributed by atoms with Crippen molar-refractivity contribution in [3.63, 3.8) is 0 Å². The fraction of sp³-hybridized carbons (Fsp3) is 0.421. The molecule has 2 nitrogen and oxygen atoms in total. The van der Waals surface area contributed by atoms with Crippen molar-refractivity contribution in [3.05, 3.63) is 64.5 Å². The van der Waals surface area contributed by atoms with Crippen LogP contribution in [-0.2, 0) is 6.42 Å². The van der Waals surface area contributed by atoms with Gasteiger partial charge in [-0.05, 0) is 56.0 Å². The van der Waals surface area contributed by atoms with E-state index in [9.17, 15) is 0 Å². The normalized spacial score (nSPS) is 12.4. The zero-order valence-corrected chi connectivity index (χ0v) is 13.6. The Bertz CT molecular complexity index is 573. The Labute approximate surface area is 128 Å². The first-order valence-electron chi connectivity index (χ1n) is 7.92. The number of nitrogens with one attached hydrogen (secondary N) is 1. The molecule has 1 atom stereocenters. The summed E-state index contributed by atoms with van der Waals surface area (Å²) in [5.41, 5.74) is 6.16. The van der Waals surface area contributed by atoms with E-state index in [0.29, 0.717) is 0 Å². The van der Waals surface area contributed by atoms with Gasteiger partial charge in [0, 0.05) is 11.4 Å². The summed E-state index contributed by atoms with van der Waals surface area (Å²) in [4.78, 5) is 4.62. The summed E-state index contributed by atoms with van der Waals surface area (Å²) < 4.78 is 0. The zero-order valence-electron chi connectivity index (χ0n) is 13.6. The van der Waals surface area contributed by atoms with Crippen LogP contribution in [0.1, 0.15) is 54.4 Å². The fourth-order valence-electron chi connectivity index (χ4n) is 2.64. The van der Waals surface area contributed by atoms with Crippen LogP contribution in [0.2, 0.25) is 0 Å². The van der Waals surface area contributed by atoms with E-state index < -0.39 is 0 Å². The lowest BCUT2D eigenvalue weighted by Crippen LogP contribution is -2.24. The van der Waals surface area contributed by atoms with Gasteiger partial charge < -0.3 is 5.32 Å². The molecule has 0 spiro atoms. The maximum atomic E-state index is 4.62. The molecule has 0 radical (unpaired) electrons. The zero-order chi connectivity index (χ0) is 15.2. The molecule has 1 heterocycles. The van der Waals surface area contributed by atoms with Crippen molar-refractivity contribution in [1.82, 2.24) is 10.3 Å². The molecular formula is C19H26N2. The molecule has 1 N–H and O–H groups in total. The van der Waals surface area contributed by atoms with Crippen LogP contribution in [0, 0.1) is 13.8 Å². The molecule has 0 bridgehead atoms. The van der Waals surface area contributed by atoms with Gasteiger partial charge in [-0.2, -0.15) is 0 Å². The second-order valence-electron chi connectivity index (χ2n) is 5.61. The van der Waals surface area contributed by atoms with Gasteiger partial charge >= 0.3 is 0 Å². The Hall–Kier alpha value is -1.67. The number of hydrogen-bond acceptors (Lipinski definition) is 2. The minimum Gasteiger partial charge on any atom is -0.306 e. The van der Waals surface area contributed by atoms with Gasteiger partial charge in [-0.1, -0.05) is 44.2 Å². The van der Waals surface area contributed by atoms with Crippen molar-refractivity contribution < 1.29 is 0 Å². The van der Waals surface area contributed by atoms with E-state index in [1.54, 1.807) is 0 Å². The first-order chi connectivity index (χ1) is 10.2. The topological polar surface area (TPSA) is 24.9 Å². The molecule has 21 heavy (non-hydrogen) atoms. The van der Waals surface area contributed by atoms with Gasteiger partial charge in [-0.3, -0.25) is 4.98 Å². The Kier molecular flexibility index (Phi) is 5.51. The van der Waals surface area contributed by atoms with Crippen molar-refractivity contribution in [2.75, 3.05) is 6.54 Å². The van der Waals surface area contributed by atoms with Crippen LogP contribution in [-0.4, -0.2) is 11.5 Å². The van der Waals surface area contributed by atoms with Crippen molar-refractivity contribution in [2.24, 2.45) is 0 Å². The molecule has 0 aliphatic rings. The van der Waals surface area contributed by atoms with Crippen molar-refractivity contribution in [1.29, 1.82) is 0 Å². The molecular weight excluding hydrogens is 256 g/mol. The average molecular weight is 282 g/mol. The molecule has 0 saturated heterocycles. The monoisotopic (exact) mass is 282 g/mol. The van der Waals surface area contributed by atoms with Crippen molar-refractivity contribution >= 4 is 0 Å². The minimum absolute atomic E-state index is 0.226. The van der Waals surface area contributed by atoms with E-state index in [1.807, 2.05) is 6.92 Å². The van der Waals surface area contributed by atoms with Gasteiger partial charge in [0.05, 0.1) is 6.04 Å². The molecule has 2 rings (SSSR count). The van der Waals surface area contributed by atoms with Crippen LogP contribution < -0.4 is 5.32 Å². The minimum atomic E-state index is 0.226. The Morgan fingerprint density at radius 1 is 1.00 bits per heavy atom. The van der Waals surface area contributed by atoms with Gasteiger partial charge in [0.15, 0.2) is 0 Å². The molecule has 0 aliphatic heterocycles. The molecule has 0 fully saturated rings. The smallest absolute Gasteiger partial charge is 0.0594 e. The summed E-state index contributed by atoms with van der Waals surface area (Å²) in [7, 11) is 0. The lowest BCUT2D eigenvalue weighted by Gasteiger charge is -2.21. The number of hydrogen-bond donors (Lipinski definition) is 1. The van der Waals surface area contributed by atoms with Crippen LogP contribution >= 0.6 is 0 Å². The summed E-state index contributed by atoms with van der Waals surface area (Å²) >= 11 is 0. The summed E-state index contributed by atoms with van der Waals surface area (Å²) in [6.45, 7) is 9.54. The first-order valence-corrected chi connectivity index (χ1v) is 7.92. The van der Waals surface area contributed by atoms with E-state index in [2.05, 4.69) is 67.5 Å². The molecule has 2 heteroatoms. The Balaban J connectivity index is 2.36. The summed E-state index contributed by atoms with van der Waals surface area (Å²) in [6, 6.07) is 13.5. The van der Waals surface area contributed by atoms with Crippen LogP contribution in [0.5, 0.6) is 0 Å². The SMILES string of the molecule is CCCNC(c1ccc(CC)cc1)c1ccc(C)nc1C. The number of benzene rings is 1. The predicted molar refractivity (Wildman–Crippen MR) is 89.7 cm³/mol. The van der Waals surface area contributed by atoms with Gasteiger partial charge in [-0.15, -0.1) is 0 Å². The summed E-state index contributed by atoms with van der Waals surface area (Å²) in [6.07, 6.45) is 2.21. The molecule has 1 aromatic carbocycles. The highest BCUT2D eigenvalue weighted by Crippen LogP contribution is 2.25. The molecule has 0 amide bonds. The molecule has 1 aromatic heterocycles. The summed E-state index contributed by atoms with van der Waals surface area (Å²) in [5, 5.41) is 3.66. The number of nitrogens with zero attached hydrogens (tertiary/aromatic N) is 1. The number of aryl methyl sites for hydroxylation is 3. The van der Waals surface area contributed by atoms with E-state index in [1.165, 1.54) is 16.7 Å². The van der Waals surface area contributed by atoms with E-state index in [0.717, 1.165) is 30.8 Å². The third-order valence-electron chi connectivity index (χ3n) is 3.90. The first kappa shape index (κ1) is 15.7. The highest BCUT2D eigenvalue weighted by atomic mass is 14.9. The number of rotatable bonds is 6. The lowest BCUT2D eigenvalue weighted by atomic mass is 9.96. The molecule has 2 aromatic rings. The molecule has 1 unspecified atom stereocenters. The van der Waals surface area contributed by atoms with Gasteiger partial charge in [0.1, 0.15) is 0 Å². The quantitative estimate of drug-likeness (QED) is 0.852. The van der Waals surface area contributed by atoms with Gasteiger partial charge in [-0.25, -0.2) is 0 Å². The molecule has 0 aliphatic carbocycles. The van der Waals surface area contributed by atoms with E-state index >= 15 is 0 Å². The third kappa shape index (κ3) is 3.92. The van der Waals surface area contributed by atoms with Crippen LogP contribution in [0.3, 0.4) is 0 Å². The maximum absolute atomic E-state index is 4.62. The standard InChI is InChI=1S/C19H26N2/c1-5-13-20-19(17-10-8-16(6-2)9-11-17)18-12-7-14(3)21-15(18)4/h7-12,19-20H,5-6,13H2,1-4H3. The predicted octanol–water partition coefficient (Wildman–Crippen LogP) is 4.35. The number of aromatic nitrogens is 1. The van der Waals surface area contributed by atoms with E-state index in [-0.39, 0.29) is 6.04 Å². The molecule has 0 saturated carbocycles. The molecule has 112 valence electrons. The Morgan fingerprint density at radius 3 is 2.29 bits per heavy atom. The van der Waals surface area contributed by atoms with Crippen LogP contribution in [0.4, 0.5) is 0 Å². The van der Waals surface area contributed by atoms with Crippen LogP contribution in [0.25, 0.3) is 0 Å². The second kappa shape index (κ2) is 7.37. The largest absolute Gasteiger partial charge is 0.306 e. The highest BCUT2D eigenvalue weighted by Gasteiger charge is 2.16. The van der Waals surface area contributed by atoms with Gasteiger partial charge in [0.2, 0.25) is 0 Å². The highest BCUT2D eigenvalue weighted by molar-refractivity contribution is 5.36. The van der Waals surface area contributed by atoms with Crippen LogP contribution in [0.15, 0.2) is 36.4 Å². The second-order valence-corrected chi connectivity index (χ2v) is 5.61. The van der Waals surface area contributed by atoms with Gasteiger partial charge in [0.25, 0.3) is 0 Å². The number of pyridine rings is 1. The Morgan fingerprint density at radius 2 is 1.71 bits per heavy atom. The summed E-state index contributed by atoms with van der Waals surface area (Å²) in [5.74, 6) is 0.